The fraction of sp³-hybridized carbons (Fsp3) is 0.474. The number of hydrogen-bond acceptors (Lipinski definition) is 4. The van der Waals surface area contributed by atoms with Gasteiger partial charge in [-0.2, -0.15) is 0 Å². The summed E-state index contributed by atoms with van der Waals surface area (Å²) in [6.45, 7) is 3.45. The van der Waals surface area contributed by atoms with Gasteiger partial charge in [-0.3, -0.25) is 19.3 Å². The molecule has 7 heteroatoms. The molecular weight excluding hydrogens is 334 g/mol. The zero-order valence-electron chi connectivity index (χ0n) is 15.0. The first kappa shape index (κ1) is 18.1. The van der Waals surface area contributed by atoms with Crippen LogP contribution in [0.3, 0.4) is 0 Å². The minimum atomic E-state index is -0.924. The van der Waals surface area contributed by atoms with Gasteiger partial charge in [0, 0.05) is 11.7 Å². The van der Waals surface area contributed by atoms with Gasteiger partial charge >= 0.3 is 17.8 Å². The van der Waals surface area contributed by atoms with Gasteiger partial charge in [0.15, 0.2) is 0 Å². The van der Waals surface area contributed by atoms with Crippen LogP contribution in [0.15, 0.2) is 24.3 Å². The predicted molar refractivity (Wildman–Crippen MR) is 95.2 cm³/mol. The molecule has 0 bridgehead atoms. The minimum Gasteiger partial charge on any atom is -0.325 e. The number of anilines is 1. The quantitative estimate of drug-likeness (QED) is 0.662. The number of benzene rings is 1. The van der Waals surface area contributed by atoms with Crippen LogP contribution in [0.1, 0.15) is 38.2 Å². The minimum absolute atomic E-state index is 0.158. The summed E-state index contributed by atoms with van der Waals surface area (Å²) in [4.78, 5) is 51.2. The van der Waals surface area contributed by atoms with Crippen LogP contribution >= 0.6 is 0 Å². The summed E-state index contributed by atoms with van der Waals surface area (Å²) in [6.07, 6.45) is 3.61. The van der Waals surface area contributed by atoms with Crippen LogP contribution in [0.4, 0.5) is 10.5 Å². The van der Waals surface area contributed by atoms with Gasteiger partial charge in [-0.15, -0.1) is 0 Å². The zero-order chi connectivity index (χ0) is 18.8. The number of amides is 5. The molecule has 1 saturated heterocycles. The molecule has 3 rings (SSSR count). The van der Waals surface area contributed by atoms with Gasteiger partial charge in [0.05, 0.1) is 0 Å². The van der Waals surface area contributed by atoms with Gasteiger partial charge in [0.2, 0.25) is 5.91 Å². The van der Waals surface area contributed by atoms with E-state index in [0.717, 1.165) is 34.6 Å². The lowest BCUT2D eigenvalue weighted by Crippen LogP contribution is -2.46. The Balaban J connectivity index is 1.68. The first-order valence-corrected chi connectivity index (χ1v) is 8.94. The molecule has 0 radical (unpaired) electrons. The molecule has 26 heavy (non-hydrogen) atoms. The van der Waals surface area contributed by atoms with E-state index < -0.39 is 30.3 Å². The Morgan fingerprint density at radius 3 is 2.38 bits per heavy atom. The van der Waals surface area contributed by atoms with Crippen molar-refractivity contribution < 1.29 is 19.2 Å². The fourth-order valence-electron chi connectivity index (χ4n) is 3.62. The Morgan fingerprint density at radius 1 is 1.08 bits per heavy atom. The second kappa shape index (κ2) is 7.27. The van der Waals surface area contributed by atoms with Crippen molar-refractivity contribution in [3.05, 3.63) is 29.8 Å². The molecule has 138 valence electrons. The topological polar surface area (TPSA) is 86.8 Å². The second-order valence-corrected chi connectivity index (χ2v) is 7.09. The summed E-state index contributed by atoms with van der Waals surface area (Å²) >= 11 is 0. The van der Waals surface area contributed by atoms with E-state index in [2.05, 4.69) is 5.32 Å². The summed E-state index contributed by atoms with van der Waals surface area (Å²) in [6, 6.07) is 6.22. The second-order valence-electron chi connectivity index (χ2n) is 7.09. The SMILES string of the molecule is Cc1ccc(NC(=O)CN2C(=O)C(=O)N([C@@H]3CCCC[C@H]3C)C2=O)cc1. The summed E-state index contributed by atoms with van der Waals surface area (Å²) < 4.78 is 0. The van der Waals surface area contributed by atoms with Crippen LogP contribution in [0.25, 0.3) is 0 Å². The molecule has 2 aliphatic rings. The normalized spacial score (nSPS) is 23.5. The summed E-state index contributed by atoms with van der Waals surface area (Å²) in [5.41, 5.74) is 1.62. The molecule has 1 N–H and O–H groups in total. The maximum Gasteiger partial charge on any atom is 0.334 e. The number of imide groups is 2. The summed E-state index contributed by atoms with van der Waals surface area (Å²) in [5.74, 6) is -2.10. The first-order chi connectivity index (χ1) is 12.4. The smallest absolute Gasteiger partial charge is 0.325 e. The van der Waals surface area contributed by atoms with Gasteiger partial charge < -0.3 is 5.32 Å². The van der Waals surface area contributed by atoms with E-state index in [1.165, 1.54) is 0 Å². The van der Waals surface area contributed by atoms with Crippen LogP contribution in [-0.4, -0.2) is 46.1 Å². The molecule has 1 saturated carbocycles. The van der Waals surface area contributed by atoms with E-state index in [1.54, 1.807) is 12.1 Å². The van der Waals surface area contributed by atoms with Crippen molar-refractivity contribution >= 4 is 29.4 Å². The molecule has 1 aliphatic carbocycles. The van der Waals surface area contributed by atoms with E-state index in [-0.39, 0.29) is 12.0 Å². The van der Waals surface area contributed by atoms with E-state index in [4.69, 9.17) is 0 Å². The first-order valence-electron chi connectivity index (χ1n) is 8.94. The lowest BCUT2D eigenvalue weighted by molar-refractivity contribution is -0.145. The molecular formula is C19H23N3O4. The van der Waals surface area contributed by atoms with Crippen LogP contribution in [0, 0.1) is 12.8 Å². The number of urea groups is 1. The molecule has 0 aromatic heterocycles. The lowest BCUT2D eigenvalue weighted by atomic mass is 9.85. The molecule has 1 aromatic rings. The average molecular weight is 357 g/mol. The van der Waals surface area contributed by atoms with Crippen LogP contribution in [0.5, 0.6) is 0 Å². The zero-order valence-corrected chi connectivity index (χ0v) is 15.0. The molecule has 0 spiro atoms. The highest BCUT2D eigenvalue weighted by atomic mass is 16.2. The molecule has 2 fully saturated rings. The third-order valence-electron chi connectivity index (χ3n) is 5.12. The summed E-state index contributed by atoms with van der Waals surface area (Å²) in [7, 11) is 0. The van der Waals surface area contributed by atoms with E-state index in [0.29, 0.717) is 12.1 Å². The van der Waals surface area contributed by atoms with Crippen molar-refractivity contribution in [3.8, 4) is 0 Å². The van der Waals surface area contributed by atoms with Gasteiger partial charge in [-0.05, 0) is 37.8 Å². The predicted octanol–water partition coefficient (Wildman–Crippen LogP) is 2.30. The van der Waals surface area contributed by atoms with Gasteiger partial charge in [0.1, 0.15) is 6.54 Å². The molecule has 5 amide bonds. The highest BCUT2D eigenvalue weighted by molar-refractivity contribution is 6.45. The van der Waals surface area contributed by atoms with Crippen LogP contribution < -0.4 is 5.32 Å². The van der Waals surface area contributed by atoms with Gasteiger partial charge in [0.25, 0.3) is 0 Å². The number of rotatable bonds is 4. The fourth-order valence-corrected chi connectivity index (χ4v) is 3.62. The Bertz CT molecular complexity index is 744. The van der Waals surface area contributed by atoms with Crippen molar-refractivity contribution in [2.45, 2.75) is 45.6 Å². The third-order valence-corrected chi connectivity index (χ3v) is 5.12. The van der Waals surface area contributed by atoms with Crippen molar-refractivity contribution in [1.29, 1.82) is 0 Å². The lowest BCUT2D eigenvalue weighted by Gasteiger charge is -2.34. The number of carbonyl (C=O) groups excluding carboxylic acids is 4. The largest absolute Gasteiger partial charge is 0.334 e. The number of nitrogens with one attached hydrogen (secondary N) is 1. The van der Waals surface area contributed by atoms with E-state index >= 15 is 0 Å². The van der Waals surface area contributed by atoms with E-state index in [9.17, 15) is 19.2 Å². The highest BCUT2D eigenvalue weighted by Gasteiger charge is 2.49. The Morgan fingerprint density at radius 2 is 1.73 bits per heavy atom. The number of carbonyl (C=O) groups is 4. The molecule has 7 nitrogen and oxygen atoms in total. The van der Waals surface area contributed by atoms with Crippen molar-refractivity contribution in [2.75, 3.05) is 11.9 Å². The van der Waals surface area contributed by atoms with E-state index in [1.807, 2.05) is 26.0 Å². The van der Waals surface area contributed by atoms with Gasteiger partial charge in [-0.1, -0.05) is 37.5 Å². The van der Waals surface area contributed by atoms with Crippen molar-refractivity contribution in [2.24, 2.45) is 5.92 Å². The Hall–Kier alpha value is -2.70. The Kier molecular flexibility index (Phi) is 5.06. The average Bonchev–Trinajstić information content (AvgIpc) is 2.81. The van der Waals surface area contributed by atoms with Crippen LogP contribution in [-0.2, 0) is 14.4 Å². The number of nitrogens with zero attached hydrogens (tertiary/aromatic N) is 2. The third kappa shape index (κ3) is 3.47. The maximum absolute atomic E-state index is 12.6. The van der Waals surface area contributed by atoms with Gasteiger partial charge in [-0.25, -0.2) is 9.69 Å². The highest BCUT2D eigenvalue weighted by Crippen LogP contribution is 2.31. The summed E-state index contributed by atoms with van der Waals surface area (Å²) in [5, 5.41) is 2.64. The Labute approximate surface area is 152 Å². The number of hydrogen-bond donors (Lipinski definition) is 1. The maximum atomic E-state index is 12.6. The number of aryl methyl sites for hydroxylation is 1. The van der Waals surface area contributed by atoms with Crippen molar-refractivity contribution in [1.82, 2.24) is 9.80 Å². The molecule has 2 atom stereocenters. The molecule has 1 aromatic carbocycles. The molecule has 0 unspecified atom stereocenters. The monoisotopic (exact) mass is 357 g/mol. The standard InChI is InChI=1S/C19H23N3O4/c1-12-7-9-14(10-8-12)20-16(23)11-21-17(24)18(25)22(19(21)26)15-6-4-3-5-13(15)2/h7-10,13,15H,3-6,11H2,1-2H3,(H,20,23)/t13-,15-/m1/s1. The van der Waals surface area contributed by atoms with Crippen LogP contribution in [0.2, 0.25) is 0 Å². The molecule has 1 heterocycles. The van der Waals surface area contributed by atoms with Crippen molar-refractivity contribution in [3.63, 3.8) is 0 Å². The molecule has 1 aliphatic heterocycles.